The van der Waals surface area contributed by atoms with E-state index in [2.05, 4.69) is 68.9 Å². The van der Waals surface area contributed by atoms with Crippen LogP contribution in [0.4, 0.5) is 0 Å². The summed E-state index contributed by atoms with van der Waals surface area (Å²) >= 11 is 1.72. The van der Waals surface area contributed by atoms with E-state index in [1.54, 1.807) is 11.3 Å². The number of aromatic nitrogens is 2. The van der Waals surface area contributed by atoms with Crippen molar-refractivity contribution in [2.45, 2.75) is 65.5 Å². The van der Waals surface area contributed by atoms with Crippen LogP contribution in [0.3, 0.4) is 0 Å². The van der Waals surface area contributed by atoms with Crippen molar-refractivity contribution in [2.24, 2.45) is 5.92 Å². The van der Waals surface area contributed by atoms with E-state index in [9.17, 15) is 4.79 Å². The first-order valence-electron chi connectivity index (χ1n) is 10.5. The van der Waals surface area contributed by atoms with E-state index < -0.39 is 0 Å². The molecule has 29 heavy (non-hydrogen) atoms. The molecule has 1 aromatic carbocycles. The molecule has 0 spiro atoms. The summed E-state index contributed by atoms with van der Waals surface area (Å²) in [5, 5.41) is 0.834. The fraction of sp³-hybridized carbons (Fsp3) is 0.500. The van der Waals surface area contributed by atoms with Crippen LogP contribution in [0.1, 0.15) is 61.5 Å². The van der Waals surface area contributed by atoms with Crippen molar-refractivity contribution in [1.82, 2.24) is 14.9 Å². The van der Waals surface area contributed by atoms with Gasteiger partial charge in [-0.05, 0) is 54.3 Å². The van der Waals surface area contributed by atoms with E-state index in [1.165, 1.54) is 21.6 Å². The molecule has 1 atom stereocenters. The molecule has 4 nitrogen and oxygen atoms in total. The summed E-state index contributed by atoms with van der Waals surface area (Å²) in [6.07, 6.45) is 3.25. The number of aryl methyl sites for hydroxylation is 1. The molecule has 2 heterocycles. The number of nitrogens with zero attached hydrogens (tertiary/aromatic N) is 2. The Balaban J connectivity index is 1.51. The summed E-state index contributed by atoms with van der Waals surface area (Å²) in [6, 6.07) is 8.83. The maximum atomic E-state index is 12.8. The number of hydrogen-bond donors (Lipinski definition) is 1. The van der Waals surface area contributed by atoms with Gasteiger partial charge in [0.15, 0.2) is 0 Å². The van der Waals surface area contributed by atoms with E-state index in [1.807, 2.05) is 0 Å². The minimum atomic E-state index is 0.0278. The number of fused-ring (bicyclic) bond motifs is 3. The predicted molar refractivity (Wildman–Crippen MR) is 122 cm³/mol. The maximum absolute atomic E-state index is 12.8. The molecule has 4 rings (SSSR count). The zero-order chi connectivity index (χ0) is 20.8. The number of aromatic amines is 1. The highest BCUT2D eigenvalue weighted by Gasteiger charge is 2.23. The van der Waals surface area contributed by atoms with Crippen LogP contribution in [-0.2, 0) is 31.3 Å². The molecule has 1 N–H and O–H groups in total. The quantitative estimate of drug-likeness (QED) is 0.657. The van der Waals surface area contributed by atoms with Crippen molar-refractivity contribution in [3.05, 3.63) is 62.0 Å². The smallest absolute Gasteiger partial charge is 0.259 e. The average molecular weight is 410 g/mol. The largest absolute Gasteiger partial charge is 0.309 e. The Bertz CT molecular complexity index is 1070. The summed E-state index contributed by atoms with van der Waals surface area (Å²) in [7, 11) is 2.07. The molecule has 0 fully saturated rings. The number of nitrogens with one attached hydrogen (secondary N) is 1. The Morgan fingerprint density at radius 2 is 1.93 bits per heavy atom. The molecule has 0 unspecified atom stereocenters. The molecule has 0 radical (unpaired) electrons. The van der Waals surface area contributed by atoms with E-state index >= 15 is 0 Å². The highest BCUT2D eigenvalue weighted by atomic mass is 32.1. The van der Waals surface area contributed by atoms with Gasteiger partial charge in [0.2, 0.25) is 0 Å². The molecule has 0 bridgehead atoms. The number of H-pyrrole nitrogens is 1. The molecule has 1 aliphatic carbocycles. The normalized spacial score (nSPS) is 17.1. The van der Waals surface area contributed by atoms with Crippen LogP contribution in [0.25, 0.3) is 10.2 Å². The molecule has 3 aromatic rings. The lowest BCUT2D eigenvalue weighted by Gasteiger charge is -2.20. The minimum Gasteiger partial charge on any atom is -0.309 e. The Morgan fingerprint density at radius 1 is 1.21 bits per heavy atom. The molecule has 1 aliphatic rings. The second-order valence-corrected chi connectivity index (χ2v) is 10.7. The van der Waals surface area contributed by atoms with Crippen molar-refractivity contribution < 1.29 is 0 Å². The standard InChI is InChI=1S/C24H31N3OS/c1-15-6-11-18-19(12-15)29-23-21(18)22(28)25-20(26-23)14-27(5)13-16-7-9-17(10-8-16)24(2,3)4/h7-10,15H,6,11-14H2,1-5H3,(H,25,26,28)/t15-/m1/s1. The van der Waals surface area contributed by atoms with Crippen LogP contribution in [0.2, 0.25) is 0 Å². The number of rotatable bonds is 4. The molecule has 154 valence electrons. The Kier molecular flexibility index (Phi) is 5.38. The Hall–Kier alpha value is -1.98. The average Bonchev–Trinajstić information content (AvgIpc) is 2.98. The van der Waals surface area contributed by atoms with Gasteiger partial charge in [0.1, 0.15) is 10.7 Å². The summed E-state index contributed by atoms with van der Waals surface area (Å²) in [6.45, 7) is 10.4. The Labute approximate surface area is 177 Å². The van der Waals surface area contributed by atoms with E-state index in [0.717, 1.165) is 41.8 Å². The van der Waals surface area contributed by atoms with Crippen molar-refractivity contribution in [2.75, 3.05) is 7.05 Å². The third kappa shape index (κ3) is 4.31. The molecule has 0 aliphatic heterocycles. The van der Waals surface area contributed by atoms with Gasteiger partial charge in [0.05, 0.1) is 11.9 Å². The first-order valence-corrected chi connectivity index (χ1v) is 11.3. The van der Waals surface area contributed by atoms with E-state index in [0.29, 0.717) is 12.5 Å². The number of benzene rings is 1. The van der Waals surface area contributed by atoms with Gasteiger partial charge in [0.25, 0.3) is 5.56 Å². The van der Waals surface area contributed by atoms with Gasteiger partial charge >= 0.3 is 0 Å². The summed E-state index contributed by atoms with van der Waals surface area (Å²) in [4.78, 5) is 25.1. The van der Waals surface area contributed by atoms with Gasteiger partial charge < -0.3 is 4.98 Å². The van der Waals surface area contributed by atoms with Crippen LogP contribution >= 0.6 is 11.3 Å². The number of thiophene rings is 1. The van der Waals surface area contributed by atoms with Crippen LogP contribution in [0.5, 0.6) is 0 Å². The molecular formula is C24H31N3OS. The first-order chi connectivity index (χ1) is 13.7. The maximum Gasteiger partial charge on any atom is 0.259 e. The van der Waals surface area contributed by atoms with Gasteiger partial charge in [0, 0.05) is 11.4 Å². The lowest BCUT2D eigenvalue weighted by atomic mass is 9.87. The van der Waals surface area contributed by atoms with Gasteiger partial charge in [-0.15, -0.1) is 11.3 Å². The van der Waals surface area contributed by atoms with E-state index in [-0.39, 0.29) is 11.0 Å². The zero-order valence-corrected chi connectivity index (χ0v) is 18.9. The second kappa shape index (κ2) is 7.69. The van der Waals surface area contributed by atoms with Crippen LogP contribution < -0.4 is 5.56 Å². The Morgan fingerprint density at radius 3 is 2.62 bits per heavy atom. The highest BCUT2D eigenvalue weighted by molar-refractivity contribution is 7.18. The highest BCUT2D eigenvalue weighted by Crippen LogP contribution is 2.35. The fourth-order valence-corrected chi connectivity index (χ4v) is 5.60. The van der Waals surface area contributed by atoms with Crippen molar-refractivity contribution in [3.8, 4) is 0 Å². The number of hydrogen-bond acceptors (Lipinski definition) is 4. The van der Waals surface area contributed by atoms with Crippen molar-refractivity contribution in [1.29, 1.82) is 0 Å². The minimum absolute atomic E-state index is 0.0278. The van der Waals surface area contributed by atoms with Gasteiger partial charge in [-0.1, -0.05) is 52.0 Å². The zero-order valence-electron chi connectivity index (χ0n) is 18.1. The van der Waals surface area contributed by atoms with Crippen LogP contribution in [0.15, 0.2) is 29.1 Å². The summed E-state index contributed by atoms with van der Waals surface area (Å²) in [5.74, 6) is 1.45. The van der Waals surface area contributed by atoms with Crippen molar-refractivity contribution in [3.63, 3.8) is 0 Å². The van der Waals surface area contributed by atoms with E-state index in [4.69, 9.17) is 4.98 Å². The molecule has 2 aromatic heterocycles. The lowest BCUT2D eigenvalue weighted by Crippen LogP contribution is -2.22. The fourth-order valence-electron chi connectivity index (χ4n) is 4.20. The predicted octanol–water partition coefficient (Wildman–Crippen LogP) is 5.04. The molecule has 0 amide bonds. The monoisotopic (exact) mass is 409 g/mol. The third-order valence-electron chi connectivity index (χ3n) is 5.91. The molecule has 0 saturated heterocycles. The SMILES string of the molecule is C[C@@H]1CCc2c(sc3nc(CN(C)Cc4ccc(C(C)(C)C)cc4)[nH]c(=O)c23)C1. The van der Waals surface area contributed by atoms with Crippen LogP contribution in [-0.4, -0.2) is 21.9 Å². The molecule has 0 saturated carbocycles. The third-order valence-corrected chi connectivity index (χ3v) is 7.05. The molecule has 5 heteroatoms. The van der Waals surface area contributed by atoms with Gasteiger partial charge in [-0.25, -0.2) is 4.98 Å². The van der Waals surface area contributed by atoms with Crippen molar-refractivity contribution >= 4 is 21.6 Å². The second-order valence-electron chi connectivity index (χ2n) is 9.66. The first kappa shape index (κ1) is 20.3. The summed E-state index contributed by atoms with van der Waals surface area (Å²) < 4.78 is 0. The van der Waals surface area contributed by atoms with Gasteiger partial charge in [-0.2, -0.15) is 0 Å². The topological polar surface area (TPSA) is 49.0 Å². The summed E-state index contributed by atoms with van der Waals surface area (Å²) in [5.41, 5.74) is 4.05. The lowest BCUT2D eigenvalue weighted by molar-refractivity contribution is 0.310. The van der Waals surface area contributed by atoms with Crippen LogP contribution in [0, 0.1) is 5.92 Å². The van der Waals surface area contributed by atoms with Gasteiger partial charge in [-0.3, -0.25) is 9.69 Å². The molecular weight excluding hydrogens is 378 g/mol.